The molecule has 0 spiro atoms. The molecular formula is C52H67O3P. The number of rotatable bonds is 19. The van der Waals surface area contributed by atoms with Crippen molar-refractivity contribution in [2.24, 2.45) is 0 Å². The van der Waals surface area contributed by atoms with Crippen LogP contribution in [-0.2, 0) is 0 Å². The quantitative estimate of drug-likeness (QED) is 0.0607. The zero-order valence-electron chi connectivity index (χ0n) is 35.7. The Morgan fingerprint density at radius 2 is 0.875 bits per heavy atom. The lowest BCUT2D eigenvalue weighted by molar-refractivity contribution is 0.302. The van der Waals surface area contributed by atoms with Crippen LogP contribution in [0.15, 0.2) is 95.4 Å². The maximum absolute atomic E-state index is 6.17. The molecule has 0 unspecified atom stereocenters. The zero-order valence-corrected chi connectivity index (χ0v) is 36.6. The highest BCUT2D eigenvalue weighted by atomic mass is 31.1. The first-order valence-corrected chi connectivity index (χ1v) is 22.8. The van der Waals surface area contributed by atoms with E-state index in [9.17, 15) is 0 Å². The standard InChI is InChI=1S/C30H44O3.C22H23P/c1-5-7-9-11-13-15-17-31-27-21-25-26-22-28(32-18-16-14-12-10-8-6-2)24(4)20-30(26)33-29(25)19-23(27)3;1-16-10-12-21(18(3)14-16)23(20-8-6-5-7-9-20)22-13-11-17(2)15-19(22)4/h19-22H,5-18H2,1-4H3;5-15H,1-4H3. The van der Waals surface area contributed by atoms with E-state index in [2.05, 4.69) is 146 Å². The van der Waals surface area contributed by atoms with Gasteiger partial charge in [-0.2, -0.15) is 0 Å². The molecule has 1 aromatic heterocycles. The van der Waals surface area contributed by atoms with Gasteiger partial charge in [0.25, 0.3) is 0 Å². The third kappa shape index (κ3) is 12.0. The Kier molecular flexibility index (Phi) is 16.9. The second-order valence-electron chi connectivity index (χ2n) is 15.8. The van der Waals surface area contributed by atoms with E-state index in [0.717, 1.165) is 70.6 Å². The summed E-state index contributed by atoms with van der Waals surface area (Å²) in [6.07, 6.45) is 15.3. The Bertz CT molecular complexity index is 1980. The molecule has 5 aromatic carbocycles. The molecule has 6 aromatic rings. The number of hydrogen-bond donors (Lipinski definition) is 0. The minimum absolute atomic E-state index is 0.512. The molecule has 0 saturated heterocycles. The SMILES string of the molecule is CCCCCCCCOc1cc2c(cc1C)oc1cc(C)c(OCCCCCCCC)cc12.Cc1ccc(P(c2ccccc2)c2ccc(C)cc2C)c(C)c1. The monoisotopic (exact) mass is 770 g/mol. The minimum Gasteiger partial charge on any atom is -0.493 e. The molecule has 0 amide bonds. The minimum atomic E-state index is -0.512. The van der Waals surface area contributed by atoms with Crippen LogP contribution in [-0.4, -0.2) is 13.2 Å². The smallest absolute Gasteiger partial charge is 0.135 e. The van der Waals surface area contributed by atoms with E-state index < -0.39 is 7.92 Å². The summed E-state index contributed by atoms with van der Waals surface area (Å²) in [5.41, 5.74) is 9.53. The first-order valence-electron chi connectivity index (χ1n) is 21.4. The van der Waals surface area contributed by atoms with Gasteiger partial charge < -0.3 is 13.9 Å². The van der Waals surface area contributed by atoms with E-state index in [1.54, 1.807) is 0 Å². The summed E-state index contributed by atoms with van der Waals surface area (Å²) < 4.78 is 18.5. The zero-order chi connectivity index (χ0) is 39.9. The number of ether oxygens (including phenoxy) is 2. The third-order valence-corrected chi connectivity index (χ3v) is 13.6. The summed E-state index contributed by atoms with van der Waals surface area (Å²) in [6.45, 7) is 19.1. The molecule has 0 aliphatic carbocycles. The summed E-state index contributed by atoms with van der Waals surface area (Å²) >= 11 is 0. The van der Waals surface area contributed by atoms with Gasteiger partial charge in [0, 0.05) is 10.8 Å². The van der Waals surface area contributed by atoms with Gasteiger partial charge in [-0.15, -0.1) is 0 Å². The molecule has 0 radical (unpaired) electrons. The average molecular weight is 771 g/mol. The first kappa shape index (κ1) is 43.1. The van der Waals surface area contributed by atoms with Gasteiger partial charge in [-0.05, 0) is 125 Å². The van der Waals surface area contributed by atoms with Crippen molar-refractivity contribution in [1.29, 1.82) is 0 Å². The topological polar surface area (TPSA) is 31.6 Å². The number of aryl methyl sites for hydroxylation is 6. The fourth-order valence-corrected chi connectivity index (χ4v) is 10.1. The molecule has 3 nitrogen and oxygen atoms in total. The lowest BCUT2D eigenvalue weighted by Crippen LogP contribution is -2.24. The van der Waals surface area contributed by atoms with Crippen LogP contribution in [0.3, 0.4) is 0 Å². The van der Waals surface area contributed by atoms with Gasteiger partial charge in [0.1, 0.15) is 22.7 Å². The summed E-state index contributed by atoms with van der Waals surface area (Å²) in [6, 6.07) is 33.2. The molecule has 0 aliphatic rings. The second-order valence-corrected chi connectivity index (χ2v) is 18.0. The maximum atomic E-state index is 6.17. The molecule has 0 bridgehead atoms. The van der Waals surface area contributed by atoms with Crippen molar-refractivity contribution in [1.82, 2.24) is 0 Å². The van der Waals surface area contributed by atoms with E-state index in [1.807, 2.05) is 0 Å². The summed E-state index contributed by atoms with van der Waals surface area (Å²) in [5, 5.41) is 6.56. The number of hydrogen-bond acceptors (Lipinski definition) is 3. The van der Waals surface area contributed by atoms with Gasteiger partial charge in [-0.1, -0.05) is 156 Å². The highest BCUT2D eigenvalue weighted by Crippen LogP contribution is 2.38. The summed E-state index contributed by atoms with van der Waals surface area (Å²) in [4.78, 5) is 0. The van der Waals surface area contributed by atoms with Gasteiger partial charge in [-0.3, -0.25) is 0 Å². The average Bonchev–Trinajstić information content (AvgIpc) is 3.51. The molecule has 298 valence electrons. The van der Waals surface area contributed by atoms with Crippen molar-refractivity contribution in [3.8, 4) is 11.5 Å². The van der Waals surface area contributed by atoms with Crippen LogP contribution in [0.1, 0.15) is 124 Å². The lowest BCUT2D eigenvalue weighted by atomic mass is 10.1. The molecular weight excluding hydrogens is 704 g/mol. The van der Waals surface area contributed by atoms with Crippen LogP contribution < -0.4 is 25.4 Å². The third-order valence-electron chi connectivity index (χ3n) is 10.8. The maximum Gasteiger partial charge on any atom is 0.135 e. The number of benzene rings is 5. The molecule has 56 heavy (non-hydrogen) atoms. The van der Waals surface area contributed by atoms with Gasteiger partial charge in [0.05, 0.1) is 13.2 Å². The predicted octanol–water partition coefficient (Wildman–Crippen LogP) is 14.4. The fraction of sp³-hybridized carbons (Fsp3) is 0.423. The van der Waals surface area contributed by atoms with Crippen LogP contribution in [0.25, 0.3) is 21.9 Å². The Morgan fingerprint density at radius 1 is 0.446 bits per heavy atom. The number of furan rings is 1. The van der Waals surface area contributed by atoms with Gasteiger partial charge in [0.15, 0.2) is 0 Å². The van der Waals surface area contributed by atoms with Crippen LogP contribution in [0.4, 0.5) is 0 Å². The Labute approximate surface area is 340 Å². The van der Waals surface area contributed by atoms with E-state index >= 15 is 0 Å². The van der Waals surface area contributed by atoms with Gasteiger partial charge in [0.2, 0.25) is 0 Å². The van der Waals surface area contributed by atoms with Crippen LogP contribution >= 0.6 is 7.92 Å². The molecule has 0 aliphatic heterocycles. The Balaban J connectivity index is 0.000000228. The molecule has 0 atom stereocenters. The van der Waals surface area contributed by atoms with Gasteiger partial charge >= 0.3 is 0 Å². The van der Waals surface area contributed by atoms with Crippen molar-refractivity contribution in [3.63, 3.8) is 0 Å². The largest absolute Gasteiger partial charge is 0.493 e. The highest BCUT2D eigenvalue weighted by molar-refractivity contribution is 7.80. The van der Waals surface area contributed by atoms with E-state index in [1.165, 1.54) is 102 Å². The molecule has 0 N–H and O–H groups in total. The fourth-order valence-electron chi connectivity index (χ4n) is 7.57. The van der Waals surface area contributed by atoms with Crippen LogP contribution in [0.2, 0.25) is 0 Å². The van der Waals surface area contributed by atoms with Crippen LogP contribution in [0, 0.1) is 41.5 Å². The van der Waals surface area contributed by atoms with Gasteiger partial charge in [-0.25, -0.2) is 0 Å². The normalized spacial score (nSPS) is 11.3. The highest BCUT2D eigenvalue weighted by Gasteiger charge is 2.20. The van der Waals surface area contributed by atoms with Crippen molar-refractivity contribution >= 4 is 45.8 Å². The van der Waals surface area contributed by atoms with Crippen molar-refractivity contribution in [3.05, 3.63) is 124 Å². The molecule has 1 heterocycles. The Morgan fingerprint density at radius 3 is 1.30 bits per heavy atom. The lowest BCUT2D eigenvalue weighted by Gasteiger charge is -2.23. The van der Waals surface area contributed by atoms with Crippen LogP contribution in [0.5, 0.6) is 11.5 Å². The number of unbranched alkanes of at least 4 members (excludes halogenated alkanes) is 10. The summed E-state index contributed by atoms with van der Waals surface area (Å²) in [7, 11) is -0.512. The second kappa shape index (κ2) is 22.0. The van der Waals surface area contributed by atoms with E-state index in [0.29, 0.717) is 0 Å². The molecule has 6 rings (SSSR count). The van der Waals surface area contributed by atoms with E-state index in [4.69, 9.17) is 13.9 Å². The van der Waals surface area contributed by atoms with E-state index in [-0.39, 0.29) is 0 Å². The predicted molar refractivity (Wildman–Crippen MR) is 245 cm³/mol. The van der Waals surface area contributed by atoms with Crippen molar-refractivity contribution in [2.45, 2.75) is 132 Å². The van der Waals surface area contributed by atoms with Crippen molar-refractivity contribution in [2.75, 3.05) is 13.2 Å². The summed E-state index contributed by atoms with van der Waals surface area (Å²) in [5.74, 6) is 1.93. The Hall–Kier alpha value is -4.07. The number of fused-ring (bicyclic) bond motifs is 3. The molecule has 4 heteroatoms. The van der Waals surface area contributed by atoms with Crippen molar-refractivity contribution < 1.29 is 13.9 Å². The molecule has 0 saturated carbocycles. The first-order chi connectivity index (χ1) is 27.2. The molecule has 0 fully saturated rings.